The fourth-order valence-corrected chi connectivity index (χ4v) is 1.76. The zero-order valence-corrected chi connectivity index (χ0v) is 10.5. The van der Waals surface area contributed by atoms with Crippen LogP contribution < -0.4 is 0 Å². The minimum Gasteiger partial charge on any atom is -0.480 e. The van der Waals surface area contributed by atoms with Crippen LogP contribution in [0.25, 0.3) is 0 Å². The number of hydrogen-bond donors (Lipinski definition) is 1. The second-order valence-electron chi connectivity index (χ2n) is 3.73. The van der Waals surface area contributed by atoms with E-state index in [1.807, 2.05) is 13.8 Å². The smallest absolute Gasteiger partial charge is 0.317 e. The number of nitrogens with zero attached hydrogens (tertiary/aromatic N) is 3. The van der Waals surface area contributed by atoms with Crippen LogP contribution in [0.4, 0.5) is 0 Å². The molecule has 1 rings (SSSR count). The molecule has 0 atom stereocenters. The minimum atomic E-state index is -0.849. The number of aliphatic carboxylic acids is 1. The van der Waals surface area contributed by atoms with Crippen LogP contribution in [0, 0.1) is 6.92 Å². The molecule has 90 valence electrons. The summed E-state index contributed by atoms with van der Waals surface area (Å²) in [4.78, 5) is 12.2. The fraction of sp³-hybridized carbons (Fsp3) is 0.600. The van der Waals surface area contributed by atoms with Gasteiger partial charge in [0.05, 0.1) is 23.0 Å². The highest BCUT2D eigenvalue weighted by molar-refractivity contribution is 6.31. The summed E-state index contributed by atoms with van der Waals surface area (Å²) in [7, 11) is 1.74. The Labute approximate surface area is 99.6 Å². The van der Waals surface area contributed by atoms with Crippen LogP contribution in [-0.2, 0) is 17.9 Å². The van der Waals surface area contributed by atoms with Gasteiger partial charge in [-0.2, -0.15) is 5.10 Å². The molecule has 16 heavy (non-hydrogen) atoms. The van der Waals surface area contributed by atoms with Gasteiger partial charge in [0.25, 0.3) is 0 Å². The molecule has 1 aromatic rings. The standard InChI is InChI=1S/C10H16ClN3O2/c1-4-14-8(10(11)7(2)12-14)5-13(3)6-9(15)16/h4-6H2,1-3H3,(H,15,16). The third-order valence-electron chi connectivity index (χ3n) is 2.28. The molecule has 0 aliphatic carbocycles. The Hall–Kier alpha value is -1.07. The molecule has 1 N–H and O–H groups in total. The quantitative estimate of drug-likeness (QED) is 0.852. The predicted octanol–water partition coefficient (Wildman–Crippen LogP) is 1.38. The molecular weight excluding hydrogens is 230 g/mol. The van der Waals surface area contributed by atoms with Crippen molar-refractivity contribution in [3.63, 3.8) is 0 Å². The molecular formula is C10H16ClN3O2. The van der Waals surface area contributed by atoms with E-state index in [-0.39, 0.29) is 6.54 Å². The van der Waals surface area contributed by atoms with Crippen LogP contribution >= 0.6 is 11.6 Å². The van der Waals surface area contributed by atoms with Crippen LogP contribution in [0.3, 0.4) is 0 Å². The lowest BCUT2D eigenvalue weighted by Crippen LogP contribution is -2.26. The van der Waals surface area contributed by atoms with Crippen LogP contribution in [0.5, 0.6) is 0 Å². The second-order valence-corrected chi connectivity index (χ2v) is 4.11. The molecule has 1 heterocycles. The van der Waals surface area contributed by atoms with Gasteiger partial charge in [-0.05, 0) is 20.9 Å². The van der Waals surface area contributed by atoms with E-state index >= 15 is 0 Å². The Morgan fingerprint density at radius 1 is 1.62 bits per heavy atom. The highest BCUT2D eigenvalue weighted by Gasteiger charge is 2.15. The number of carbonyl (C=O) groups is 1. The first-order chi connectivity index (χ1) is 7.45. The largest absolute Gasteiger partial charge is 0.480 e. The second kappa shape index (κ2) is 5.32. The number of carboxylic acids is 1. The van der Waals surface area contributed by atoms with Gasteiger partial charge in [-0.15, -0.1) is 0 Å². The number of rotatable bonds is 5. The summed E-state index contributed by atoms with van der Waals surface area (Å²) in [6, 6.07) is 0. The zero-order valence-electron chi connectivity index (χ0n) is 9.70. The number of hydrogen-bond acceptors (Lipinski definition) is 3. The van der Waals surface area contributed by atoms with Crippen molar-refractivity contribution in [2.45, 2.75) is 26.9 Å². The van der Waals surface area contributed by atoms with E-state index in [1.54, 1.807) is 16.6 Å². The van der Waals surface area contributed by atoms with Gasteiger partial charge in [0.15, 0.2) is 0 Å². The van der Waals surface area contributed by atoms with E-state index in [4.69, 9.17) is 16.7 Å². The summed E-state index contributed by atoms with van der Waals surface area (Å²) < 4.78 is 1.80. The molecule has 0 aliphatic rings. The molecule has 0 aliphatic heterocycles. The molecule has 6 heteroatoms. The molecule has 0 aromatic carbocycles. The number of likely N-dealkylation sites (N-methyl/N-ethyl adjacent to an activating group) is 1. The van der Waals surface area contributed by atoms with Crippen LogP contribution in [0.2, 0.25) is 5.02 Å². The van der Waals surface area contributed by atoms with Gasteiger partial charge in [0.1, 0.15) is 0 Å². The van der Waals surface area contributed by atoms with E-state index in [1.165, 1.54) is 0 Å². The molecule has 0 unspecified atom stereocenters. The average Bonchev–Trinajstić information content (AvgIpc) is 2.44. The summed E-state index contributed by atoms with van der Waals surface area (Å²) in [6.45, 7) is 5.02. The van der Waals surface area contributed by atoms with E-state index in [0.717, 1.165) is 17.9 Å². The minimum absolute atomic E-state index is 0.00965. The van der Waals surface area contributed by atoms with Crippen molar-refractivity contribution >= 4 is 17.6 Å². The Morgan fingerprint density at radius 2 is 2.25 bits per heavy atom. The molecule has 0 saturated carbocycles. The number of halogens is 1. The molecule has 0 bridgehead atoms. The first-order valence-electron chi connectivity index (χ1n) is 5.07. The van der Waals surface area contributed by atoms with Gasteiger partial charge >= 0.3 is 5.97 Å². The van der Waals surface area contributed by atoms with Crippen molar-refractivity contribution in [3.8, 4) is 0 Å². The van der Waals surface area contributed by atoms with Gasteiger partial charge in [-0.1, -0.05) is 11.6 Å². The summed E-state index contributed by atoms with van der Waals surface area (Å²) in [6.07, 6.45) is 0. The van der Waals surface area contributed by atoms with Gasteiger partial charge in [-0.25, -0.2) is 0 Å². The van der Waals surface area contributed by atoms with Crippen LogP contribution in [0.1, 0.15) is 18.3 Å². The van der Waals surface area contributed by atoms with Crippen molar-refractivity contribution in [1.82, 2.24) is 14.7 Å². The van der Waals surface area contributed by atoms with Gasteiger partial charge in [0, 0.05) is 13.1 Å². The summed E-state index contributed by atoms with van der Waals surface area (Å²) in [5.41, 5.74) is 1.65. The third kappa shape index (κ3) is 2.96. The normalized spacial score (nSPS) is 11.1. The molecule has 0 amide bonds. The monoisotopic (exact) mass is 245 g/mol. The summed E-state index contributed by atoms with van der Waals surface area (Å²) >= 11 is 6.12. The number of aryl methyl sites for hydroxylation is 2. The highest BCUT2D eigenvalue weighted by Crippen LogP contribution is 2.21. The fourth-order valence-electron chi connectivity index (χ4n) is 1.56. The van der Waals surface area contributed by atoms with E-state index in [0.29, 0.717) is 11.6 Å². The third-order valence-corrected chi connectivity index (χ3v) is 2.77. The topological polar surface area (TPSA) is 58.4 Å². The van der Waals surface area contributed by atoms with Crippen molar-refractivity contribution < 1.29 is 9.90 Å². The maximum absolute atomic E-state index is 10.5. The van der Waals surface area contributed by atoms with E-state index < -0.39 is 5.97 Å². The van der Waals surface area contributed by atoms with Crippen molar-refractivity contribution in [1.29, 1.82) is 0 Å². The Morgan fingerprint density at radius 3 is 2.75 bits per heavy atom. The first kappa shape index (κ1) is 13.0. The lowest BCUT2D eigenvalue weighted by molar-refractivity contribution is -0.138. The van der Waals surface area contributed by atoms with Gasteiger partial charge < -0.3 is 5.11 Å². The van der Waals surface area contributed by atoms with Gasteiger partial charge in [-0.3, -0.25) is 14.4 Å². The number of aromatic nitrogens is 2. The first-order valence-corrected chi connectivity index (χ1v) is 5.45. The summed E-state index contributed by atoms with van der Waals surface area (Å²) in [5, 5.41) is 13.6. The maximum Gasteiger partial charge on any atom is 0.317 e. The molecule has 1 aromatic heterocycles. The summed E-state index contributed by atoms with van der Waals surface area (Å²) in [5.74, 6) is -0.849. The molecule has 0 saturated heterocycles. The Balaban J connectivity index is 2.83. The average molecular weight is 246 g/mol. The maximum atomic E-state index is 10.5. The zero-order chi connectivity index (χ0) is 12.3. The van der Waals surface area contributed by atoms with Crippen molar-refractivity contribution in [3.05, 3.63) is 16.4 Å². The lowest BCUT2D eigenvalue weighted by atomic mass is 10.3. The van der Waals surface area contributed by atoms with E-state index in [9.17, 15) is 4.79 Å². The molecule has 5 nitrogen and oxygen atoms in total. The molecule has 0 radical (unpaired) electrons. The Bertz CT molecular complexity index is 390. The highest BCUT2D eigenvalue weighted by atomic mass is 35.5. The van der Waals surface area contributed by atoms with Gasteiger partial charge in [0.2, 0.25) is 0 Å². The van der Waals surface area contributed by atoms with Crippen molar-refractivity contribution in [2.75, 3.05) is 13.6 Å². The molecule has 0 spiro atoms. The lowest BCUT2D eigenvalue weighted by Gasteiger charge is -2.14. The number of carboxylic acid groups (broad SMARTS) is 1. The van der Waals surface area contributed by atoms with Crippen LogP contribution in [0.15, 0.2) is 0 Å². The SMILES string of the molecule is CCn1nc(C)c(Cl)c1CN(C)CC(=O)O. The van der Waals surface area contributed by atoms with Crippen molar-refractivity contribution in [2.24, 2.45) is 0 Å². The van der Waals surface area contributed by atoms with Crippen LogP contribution in [-0.4, -0.2) is 39.3 Å². The predicted molar refractivity (Wildman–Crippen MR) is 61.6 cm³/mol. The molecule has 0 fully saturated rings. The Kier molecular flexibility index (Phi) is 4.32. The van der Waals surface area contributed by atoms with E-state index in [2.05, 4.69) is 5.10 Å².